The van der Waals surface area contributed by atoms with E-state index in [0.717, 1.165) is 29.3 Å². The van der Waals surface area contributed by atoms with Crippen LogP contribution in [0.25, 0.3) is 21.3 Å². The van der Waals surface area contributed by atoms with Crippen LogP contribution in [0.4, 0.5) is 23.0 Å². The molecule has 0 radical (unpaired) electrons. The molecule has 0 spiro atoms. The smallest absolute Gasteiger partial charge is 0.247 e. The molecule has 0 saturated carbocycles. The molecular formula is C27H30N8O2S. The number of hydrogen-bond acceptors (Lipinski definition) is 10. The molecule has 10 nitrogen and oxygen atoms in total. The summed E-state index contributed by atoms with van der Waals surface area (Å²) >= 11 is 1.45. The number of anilines is 4. The number of carbonyl (C=O) groups excluding carboxylic acids is 1. The third-order valence-corrected chi connectivity index (χ3v) is 6.62. The molecule has 2 heterocycles. The number of nitrogens with zero attached hydrogens (tertiary/aromatic N) is 6. The van der Waals surface area contributed by atoms with E-state index in [1.807, 2.05) is 57.5 Å². The van der Waals surface area contributed by atoms with Gasteiger partial charge in [-0.2, -0.15) is 0 Å². The van der Waals surface area contributed by atoms with Crippen molar-refractivity contribution in [1.29, 1.82) is 0 Å². The van der Waals surface area contributed by atoms with Crippen molar-refractivity contribution in [1.82, 2.24) is 25.1 Å². The van der Waals surface area contributed by atoms with Gasteiger partial charge in [0.15, 0.2) is 5.01 Å². The maximum atomic E-state index is 12.2. The van der Waals surface area contributed by atoms with Gasteiger partial charge in [0.2, 0.25) is 11.9 Å². The quantitative estimate of drug-likeness (QED) is 0.270. The monoisotopic (exact) mass is 530 g/mol. The fraction of sp³-hybridized carbons (Fsp3) is 0.222. The van der Waals surface area contributed by atoms with Crippen molar-refractivity contribution in [2.45, 2.75) is 0 Å². The van der Waals surface area contributed by atoms with E-state index in [-0.39, 0.29) is 5.91 Å². The second kappa shape index (κ2) is 12.3. The Morgan fingerprint density at radius 3 is 2.53 bits per heavy atom. The number of methoxy groups -OCH3 is 1. The highest BCUT2D eigenvalue weighted by atomic mass is 32.1. The lowest BCUT2D eigenvalue weighted by Gasteiger charge is -2.26. The predicted octanol–water partition coefficient (Wildman–Crippen LogP) is 4.54. The Kier molecular flexibility index (Phi) is 8.62. The Bertz CT molecular complexity index is 1410. The van der Waals surface area contributed by atoms with Gasteiger partial charge in [-0.05, 0) is 32.3 Å². The minimum absolute atomic E-state index is 0.313. The van der Waals surface area contributed by atoms with Gasteiger partial charge in [0.05, 0.1) is 24.2 Å². The van der Waals surface area contributed by atoms with E-state index in [1.165, 1.54) is 17.4 Å². The van der Waals surface area contributed by atoms with E-state index in [0.29, 0.717) is 33.8 Å². The van der Waals surface area contributed by atoms with Crippen LogP contribution in [-0.4, -0.2) is 72.3 Å². The van der Waals surface area contributed by atoms with Crippen LogP contribution in [0.5, 0.6) is 5.75 Å². The molecule has 2 aromatic heterocycles. The summed E-state index contributed by atoms with van der Waals surface area (Å²) in [5.74, 6) is 0.615. The van der Waals surface area contributed by atoms with Crippen LogP contribution in [0.15, 0.2) is 67.4 Å². The van der Waals surface area contributed by atoms with E-state index in [1.54, 1.807) is 25.4 Å². The molecule has 0 bridgehead atoms. The van der Waals surface area contributed by atoms with Crippen LogP contribution in [0.2, 0.25) is 0 Å². The van der Waals surface area contributed by atoms with Gasteiger partial charge in [-0.1, -0.05) is 48.2 Å². The molecule has 0 fully saturated rings. The molecule has 0 aliphatic rings. The Morgan fingerprint density at radius 1 is 1.05 bits per heavy atom. The number of nitrogens with one attached hydrogen (secondary N) is 2. The van der Waals surface area contributed by atoms with Crippen molar-refractivity contribution >= 4 is 40.3 Å². The van der Waals surface area contributed by atoms with Crippen molar-refractivity contribution in [2.24, 2.45) is 0 Å². The van der Waals surface area contributed by atoms with Crippen molar-refractivity contribution in [3.8, 4) is 27.0 Å². The summed E-state index contributed by atoms with van der Waals surface area (Å²) in [5.41, 5.74) is 3.64. The van der Waals surface area contributed by atoms with Gasteiger partial charge in [0, 0.05) is 38.0 Å². The molecule has 38 heavy (non-hydrogen) atoms. The molecule has 4 rings (SSSR count). The van der Waals surface area contributed by atoms with E-state index >= 15 is 0 Å². The second-order valence-electron chi connectivity index (χ2n) is 8.66. The van der Waals surface area contributed by atoms with Crippen LogP contribution in [0.3, 0.4) is 0 Å². The normalized spacial score (nSPS) is 10.8. The van der Waals surface area contributed by atoms with Gasteiger partial charge >= 0.3 is 0 Å². The fourth-order valence-electron chi connectivity index (χ4n) is 3.59. The van der Waals surface area contributed by atoms with Crippen molar-refractivity contribution < 1.29 is 9.53 Å². The minimum atomic E-state index is -0.313. The fourth-order valence-corrected chi connectivity index (χ4v) is 4.41. The predicted molar refractivity (Wildman–Crippen MR) is 153 cm³/mol. The zero-order chi connectivity index (χ0) is 27.1. The molecule has 0 aliphatic heterocycles. The average molecular weight is 531 g/mol. The van der Waals surface area contributed by atoms with Crippen molar-refractivity contribution in [2.75, 3.05) is 56.9 Å². The Labute approximate surface area is 226 Å². The summed E-state index contributed by atoms with van der Waals surface area (Å²) in [6.45, 7) is 5.16. The third-order valence-electron chi connectivity index (χ3n) is 5.62. The molecule has 0 unspecified atom stereocenters. The van der Waals surface area contributed by atoms with Gasteiger partial charge in [0.1, 0.15) is 16.5 Å². The van der Waals surface area contributed by atoms with Gasteiger partial charge in [0.25, 0.3) is 0 Å². The lowest BCUT2D eigenvalue weighted by Crippen LogP contribution is -2.29. The summed E-state index contributed by atoms with van der Waals surface area (Å²) in [5, 5.41) is 16.2. The zero-order valence-electron chi connectivity index (χ0n) is 21.8. The molecule has 11 heteroatoms. The Morgan fingerprint density at radius 2 is 1.82 bits per heavy atom. The number of benzene rings is 2. The number of rotatable bonds is 11. The first kappa shape index (κ1) is 26.7. The largest absolute Gasteiger partial charge is 0.494 e. The van der Waals surface area contributed by atoms with E-state index in [4.69, 9.17) is 4.74 Å². The standard InChI is InChI=1S/C27H30N8O2S/c1-6-24(36)29-20-16-21(23(37-5)17-22(20)35(4)15-14-34(2)3)31-27-28-13-12-19(30-27)26-33-32-25(38-26)18-10-8-7-9-11-18/h6-13,16-17H,1,14-15H2,2-5H3,(H,29,36)(H,28,30,31). The Balaban J connectivity index is 1.64. The average Bonchev–Trinajstić information content (AvgIpc) is 3.43. The maximum absolute atomic E-state index is 12.2. The number of amides is 1. The number of aromatic nitrogens is 4. The molecule has 2 aromatic carbocycles. The molecule has 2 N–H and O–H groups in total. The van der Waals surface area contributed by atoms with Crippen LogP contribution < -0.4 is 20.3 Å². The minimum Gasteiger partial charge on any atom is -0.494 e. The van der Waals surface area contributed by atoms with Crippen LogP contribution in [0.1, 0.15) is 0 Å². The van der Waals surface area contributed by atoms with Gasteiger partial charge in [-0.3, -0.25) is 4.79 Å². The molecule has 0 aliphatic carbocycles. The highest BCUT2D eigenvalue weighted by molar-refractivity contribution is 7.17. The topological polar surface area (TPSA) is 108 Å². The Hall–Kier alpha value is -4.35. The third kappa shape index (κ3) is 6.50. The SMILES string of the molecule is C=CC(=O)Nc1cc(Nc2nccc(-c3nnc(-c4ccccc4)s3)n2)c(OC)cc1N(C)CCN(C)C. The van der Waals surface area contributed by atoms with Crippen LogP contribution >= 0.6 is 11.3 Å². The summed E-state index contributed by atoms with van der Waals surface area (Å²) in [7, 11) is 7.59. The summed E-state index contributed by atoms with van der Waals surface area (Å²) < 4.78 is 5.68. The van der Waals surface area contributed by atoms with Gasteiger partial charge < -0.3 is 25.2 Å². The number of ether oxygens (including phenoxy) is 1. The van der Waals surface area contributed by atoms with Gasteiger partial charge in [-0.25, -0.2) is 9.97 Å². The highest BCUT2D eigenvalue weighted by Crippen LogP contribution is 2.38. The van der Waals surface area contributed by atoms with Crippen LogP contribution in [0, 0.1) is 0 Å². The summed E-state index contributed by atoms with van der Waals surface area (Å²) in [6.07, 6.45) is 2.89. The highest BCUT2D eigenvalue weighted by Gasteiger charge is 2.17. The number of carbonyl (C=O) groups is 1. The molecule has 1 amide bonds. The number of likely N-dealkylation sites (N-methyl/N-ethyl adjacent to an activating group) is 2. The number of hydrogen-bond donors (Lipinski definition) is 2. The van der Waals surface area contributed by atoms with Crippen molar-refractivity contribution in [3.63, 3.8) is 0 Å². The summed E-state index contributed by atoms with van der Waals surface area (Å²) in [4.78, 5) is 25.4. The molecular weight excluding hydrogens is 500 g/mol. The first-order chi connectivity index (χ1) is 18.4. The van der Waals surface area contributed by atoms with E-state index < -0.39 is 0 Å². The zero-order valence-corrected chi connectivity index (χ0v) is 22.6. The second-order valence-corrected chi connectivity index (χ2v) is 9.63. The van der Waals surface area contributed by atoms with E-state index in [9.17, 15) is 4.79 Å². The van der Waals surface area contributed by atoms with Crippen molar-refractivity contribution in [3.05, 3.63) is 67.4 Å². The first-order valence-corrected chi connectivity index (χ1v) is 12.7. The molecule has 4 aromatic rings. The van der Waals surface area contributed by atoms with E-state index in [2.05, 4.69) is 47.2 Å². The van der Waals surface area contributed by atoms with Gasteiger partial charge in [-0.15, -0.1) is 10.2 Å². The lowest BCUT2D eigenvalue weighted by molar-refractivity contribution is -0.111. The lowest BCUT2D eigenvalue weighted by atomic mass is 10.2. The maximum Gasteiger partial charge on any atom is 0.247 e. The first-order valence-electron chi connectivity index (χ1n) is 11.9. The molecule has 0 atom stereocenters. The molecule has 0 saturated heterocycles. The van der Waals surface area contributed by atoms with Crippen LogP contribution in [-0.2, 0) is 4.79 Å². The summed E-state index contributed by atoms with van der Waals surface area (Å²) in [6, 6.07) is 15.3. The molecule has 196 valence electrons.